The van der Waals surface area contributed by atoms with E-state index in [9.17, 15) is 4.79 Å². The number of methoxy groups -OCH3 is 1. The molecule has 1 heterocycles. The average Bonchev–Trinajstić information content (AvgIpc) is 3.25. The van der Waals surface area contributed by atoms with Gasteiger partial charge in [0.05, 0.1) is 23.9 Å². The number of rotatable bonds is 3. The van der Waals surface area contributed by atoms with Crippen LogP contribution in [0.2, 0.25) is 0 Å². The van der Waals surface area contributed by atoms with Gasteiger partial charge in [-0.15, -0.1) is 0 Å². The Morgan fingerprint density at radius 2 is 1.77 bits per heavy atom. The molecule has 118 valence electrons. The van der Waals surface area contributed by atoms with Crippen LogP contribution in [0.25, 0.3) is 0 Å². The first kappa shape index (κ1) is 15.6. The average molecular weight is 302 g/mol. The second-order valence-corrected chi connectivity index (χ2v) is 7.20. The first-order chi connectivity index (χ1) is 10.2. The van der Waals surface area contributed by atoms with Crippen molar-refractivity contribution in [2.24, 2.45) is 0 Å². The lowest BCUT2D eigenvalue weighted by Crippen LogP contribution is -2.41. The number of ether oxygens (including phenoxy) is 1. The standard InChI is InChI=1S/C17H23BO4/c1-16(2)17(3,4)22-18(21-16)14-9-8-12(15(19)20-5)10-13(14)11-6-7-11/h8-11H,6-7H2,1-5H3. The number of benzene rings is 1. The fourth-order valence-corrected chi connectivity index (χ4v) is 2.75. The van der Waals surface area contributed by atoms with Crippen LogP contribution in [0.4, 0.5) is 0 Å². The maximum atomic E-state index is 11.8. The highest BCUT2D eigenvalue weighted by Gasteiger charge is 2.52. The minimum absolute atomic E-state index is 0.303. The molecule has 0 radical (unpaired) electrons. The Morgan fingerprint density at radius 3 is 2.27 bits per heavy atom. The van der Waals surface area contributed by atoms with Crippen molar-refractivity contribution in [3.05, 3.63) is 29.3 Å². The van der Waals surface area contributed by atoms with Gasteiger partial charge in [-0.05, 0) is 69.6 Å². The van der Waals surface area contributed by atoms with E-state index < -0.39 is 0 Å². The van der Waals surface area contributed by atoms with Crippen molar-refractivity contribution >= 4 is 18.6 Å². The summed E-state index contributed by atoms with van der Waals surface area (Å²) < 4.78 is 17.1. The van der Waals surface area contributed by atoms with Crippen LogP contribution in [-0.2, 0) is 14.0 Å². The van der Waals surface area contributed by atoms with Gasteiger partial charge in [0.15, 0.2) is 0 Å². The normalized spacial score (nSPS) is 22.7. The summed E-state index contributed by atoms with van der Waals surface area (Å²) in [6.45, 7) is 8.19. The lowest BCUT2D eigenvalue weighted by Gasteiger charge is -2.32. The minimum atomic E-state index is -0.382. The van der Waals surface area contributed by atoms with Gasteiger partial charge in [0, 0.05) is 0 Å². The van der Waals surface area contributed by atoms with E-state index in [1.165, 1.54) is 7.11 Å². The molecule has 1 aliphatic carbocycles. The van der Waals surface area contributed by atoms with Crippen LogP contribution in [0.1, 0.15) is 62.4 Å². The van der Waals surface area contributed by atoms with Gasteiger partial charge in [-0.25, -0.2) is 4.79 Å². The van der Waals surface area contributed by atoms with Gasteiger partial charge in [0.25, 0.3) is 0 Å². The molecule has 0 aromatic heterocycles. The summed E-state index contributed by atoms with van der Waals surface area (Å²) in [5.74, 6) is 0.195. The van der Waals surface area contributed by atoms with E-state index in [1.54, 1.807) is 6.07 Å². The Balaban J connectivity index is 1.96. The Bertz CT molecular complexity index is 589. The molecule has 1 aromatic carbocycles. The predicted octanol–water partition coefficient (Wildman–Crippen LogP) is 2.65. The molecule has 2 fully saturated rings. The molecule has 22 heavy (non-hydrogen) atoms. The van der Waals surface area contributed by atoms with Gasteiger partial charge in [0.1, 0.15) is 0 Å². The lowest BCUT2D eigenvalue weighted by molar-refractivity contribution is 0.00578. The van der Waals surface area contributed by atoms with Crippen molar-refractivity contribution in [1.82, 2.24) is 0 Å². The molecular weight excluding hydrogens is 279 g/mol. The molecule has 0 atom stereocenters. The first-order valence-electron chi connectivity index (χ1n) is 7.83. The van der Waals surface area contributed by atoms with Crippen molar-refractivity contribution < 1.29 is 18.8 Å². The highest BCUT2D eigenvalue weighted by atomic mass is 16.7. The van der Waals surface area contributed by atoms with Gasteiger partial charge in [-0.2, -0.15) is 0 Å². The number of hydrogen-bond acceptors (Lipinski definition) is 4. The minimum Gasteiger partial charge on any atom is -0.465 e. The second-order valence-electron chi connectivity index (χ2n) is 7.20. The topological polar surface area (TPSA) is 44.8 Å². The quantitative estimate of drug-likeness (QED) is 0.636. The van der Waals surface area contributed by atoms with E-state index in [-0.39, 0.29) is 24.3 Å². The maximum Gasteiger partial charge on any atom is 0.495 e. The van der Waals surface area contributed by atoms with Crippen LogP contribution < -0.4 is 5.46 Å². The van der Waals surface area contributed by atoms with Crippen molar-refractivity contribution in [2.45, 2.75) is 57.7 Å². The van der Waals surface area contributed by atoms with E-state index >= 15 is 0 Å². The monoisotopic (exact) mass is 302 g/mol. The van der Waals surface area contributed by atoms with Gasteiger partial charge >= 0.3 is 13.1 Å². The Morgan fingerprint density at radius 1 is 1.18 bits per heavy atom. The van der Waals surface area contributed by atoms with Crippen molar-refractivity contribution in [3.8, 4) is 0 Å². The molecular formula is C17H23BO4. The van der Waals surface area contributed by atoms with Crippen LogP contribution in [0.5, 0.6) is 0 Å². The van der Waals surface area contributed by atoms with Crippen LogP contribution in [0, 0.1) is 0 Å². The van der Waals surface area contributed by atoms with Crippen molar-refractivity contribution in [1.29, 1.82) is 0 Å². The molecule has 1 saturated carbocycles. The molecule has 3 rings (SSSR count). The van der Waals surface area contributed by atoms with E-state index in [0.717, 1.165) is 23.9 Å². The molecule has 4 nitrogen and oxygen atoms in total. The smallest absolute Gasteiger partial charge is 0.465 e. The summed E-state index contributed by atoms with van der Waals surface area (Å²) in [5, 5.41) is 0. The van der Waals surface area contributed by atoms with E-state index in [1.807, 2.05) is 39.8 Å². The zero-order valence-electron chi connectivity index (χ0n) is 13.9. The molecule has 0 bridgehead atoms. The summed E-state index contributed by atoms with van der Waals surface area (Å²) in [6.07, 6.45) is 2.30. The first-order valence-corrected chi connectivity index (χ1v) is 7.83. The largest absolute Gasteiger partial charge is 0.495 e. The Hall–Kier alpha value is -1.33. The summed E-state index contributed by atoms with van der Waals surface area (Å²) in [6, 6.07) is 5.67. The molecule has 0 unspecified atom stereocenters. The van der Waals surface area contributed by atoms with Crippen LogP contribution in [0.15, 0.2) is 18.2 Å². The van der Waals surface area contributed by atoms with E-state index in [0.29, 0.717) is 11.5 Å². The van der Waals surface area contributed by atoms with Crippen LogP contribution in [-0.4, -0.2) is 31.4 Å². The van der Waals surface area contributed by atoms with Gasteiger partial charge < -0.3 is 14.0 Å². The predicted molar refractivity (Wildman–Crippen MR) is 85.5 cm³/mol. The zero-order valence-corrected chi connectivity index (χ0v) is 13.9. The number of hydrogen-bond donors (Lipinski definition) is 0. The lowest BCUT2D eigenvalue weighted by atomic mass is 9.74. The molecule has 5 heteroatoms. The van der Waals surface area contributed by atoms with Crippen molar-refractivity contribution in [2.75, 3.05) is 7.11 Å². The highest BCUT2D eigenvalue weighted by Crippen LogP contribution is 2.42. The maximum absolute atomic E-state index is 11.8. The molecule has 1 saturated heterocycles. The number of esters is 1. The van der Waals surface area contributed by atoms with Crippen molar-refractivity contribution in [3.63, 3.8) is 0 Å². The fraction of sp³-hybridized carbons (Fsp3) is 0.588. The molecule has 1 aromatic rings. The van der Waals surface area contributed by atoms with E-state index in [4.69, 9.17) is 14.0 Å². The number of carbonyl (C=O) groups excluding carboxylic acids is 1. The Labute approximate surface area is 132 Å². The molecule has 1 aliphatic heterocycles. The highest BCUT2D eigenvalue weighted by molar-refractivity contribution is 6.62. The second kappa shape index (κ2) is 5.10. The van der Waals surface area contributed by atoms with Gasteiger partial charge in [-0.1, -0.05) is 6.07 Å². The SMILES string of the molecule is COC(=O)c1ccc(B2OC(C)(C)C(C)(C)O2)c(C2CC2)c1. The van der Waals surface area contributed by atoms with E-state index in [2.05, 4.69) is 0 Å². The van der Waals surface area contributed by atoms with Crippen LogP contribution >= 0.6 is 0 Å². The molecule has 0 N–H and O–H groups in total. The summed E-state index contributed by atoms with van der Waals surface area (Å²) in [5.41, 5.74) is 2.05. The third kappa shape index (κ3) is 2.57. The van der Waals surface area contributed by atoms with Gasteiger partial charge in [-0.3, -0.25) is 0 Å². The third-order valence-corrected chi connectivity index (χ3v) is 5.03. The third-order valence-electron chi connectivity index (χ3n) is 5.03. The van der Waals surface area contributed by atoms with Crippen LogP contribution in [0.3, 0.4) is 0 Å². The molecule has 0 amide bonds. The summed E-state index contributed by atoms with van der Waals surface area (Å²) in [4.78, 5) is 11.8. The molecule has 2 aliphatic rings. The summed E-state index contributed by atoms with van der Waals surface area (Å²) in [7, 11) is 1.02. The number of carbonyl (C=O) groups is 1. The Kier molecular flexibility index (Phi) is 3.61. The fourth-order valence-electron chi connectivity index (χ4n) is 2.75. The van der Waals surface area contributed by atoms with Gasteiger partial charge in [0.2, 0.25) is 0 Å². The molecule has 0 spiro atoms. The summed E-state index contributed by atoms with van der Waals surface area (Å²) >= 11 is 0. The zero-order chi connectivity index (χ0) is 16.1.